The molecule has 7 nitrogen and oxygen atoms in total. The number of amides is 3. The molecule has 0 aliphatic carbocycles. The number of primary amides is 2. The Morgan fingerprint density at radius 2 is 1.47 bits per heavy atom. The molecule has 3 amide bonds. The van der Waals surface area contributed by atoms with Crippen molar-refractivity contribution in [3.63, 3.8) is 0 Å². The lowest BCUT2D eigenvalue weighted by molar-refractivity contribution is -0.151. The van der Waals surface area contributed by atoms with Crippen LogP contribution in [0.1, 0.15) is 13.8 Å². The van der Waals surface area contributed by atoms with Gasteiger partial charge in [0.25, 0.3) is 5.91 Å². The summed E-state index contributed by atoms with van der Waals surface area (Å²) in [7, 11) is 0. The molecule has 15 heavy (non-hydrogen) atoms. The zero-order valence-corrected chi connectivity index (χ0v) is 8.69. The number of hydrogen-bond acceptors (Lipinski definition) is 4. The highest BCUT2D eigenvalue weighted by atomic mass is 16.3. The molecule has 7 heteroatoms. The van der Waals surface area contributed by atoms with Crippen LogP contribution in [-0.4, -0.2) is 46.4 Å². The average molecular weight is 217 g/mol. The zero-order valence-electron chi connectivity index (χ0n) is 8.69. The molecule has 0 bridgehead atoms. The summed E-state index contributed by atoms with van der Waals surface area (Å²) in [5.41, 5.74) is 8.09. The Morgan fingerprint density at radius 3 is 1.67 bits per heavy atom. The van der Waals surface area contributed by atoms with Crippen molar-refractivity contribution in [1.82, 2.24) is 4.90 Å². The molecule has 0 aromatic rings. The number of rotatable bonds is 5. The summed E-state index contributed by atoms with van der Waals surface area (Å²) in [5, 5.41) is 9.39. The minimum absolute atomic E-state index is 0.453. The number of nitrogens with zero attached hydrogens (tertiary/aromatic N) is 1. The van der Waals surface area contributed by atoms with E-state index in [0.29, 0.717) is 0 Å². The molecule has 0 heterocycles. The standard InChI is InChI=1S/C8H15N3O4/c1-8(2,15)7(14)11(3-5(9)12)4-6(10)13/h15H,3-4H2,1-2H3,(H2,9,12)(H2,10,13). The normalized spacial score (nSPS) is 10.9. The zero-order chi connectivity index (χ0) is 12.2. The molecule has 0 aliphatic rings. The van der Waals surface area contributed by atoms with Gasteiger partial charge in [-0.2, -0.15) is 0 Å². The number of carbonyl (C=O) groups excluding carboxylic acids is 3. The third-order valence-corrected chi connectivity index (χ3v) is 1.50. The Morgan fingerprint density at radius 1 is 1.13 bits per heavy atom. The SMILES string of the molecule is CC(C)(O)C(=O)N(CC(N)=O)CC(N)=O. The van der Waals surface area contributed by atoms with Gasteiger partial charge in [-0.25, -0.2) is 0 Å². The second-order valence-corrected chi connectivity index (χ2v) is 3.65. The lowest BCUT2D eigenvalue weighted by Gasteiger charge is -2.26. The molecule has 0 unspecified atom stereocenters. The molecule has 0 aromatic heterocycles. The van der Waals surface area contributed by atoms with Gasteiger partial charge in [-0.05, 0) is 13.8 Å². The lowest BCUT2D eigenvalue weighted by Crippen LogP contribution is -2.51. The van der Waals surface area contributed by atoms with Crippen molar-refractivity contribution in [3.05, 3.63) is 0 Å². The van der Waals surface area contributed by atoms with Gasteiger partial charge in [0.05, 0.1) is 13.1 Å². The smallest absolute Gasteiger partial charge is 0.254 e. The van der Waals surface area contributed by atoms with Crippen LogP contribution < -0.4 is 11.5 Å². The van der Waals surface area contributed by atoms with Gasteiger partial charge in [0.15, 0.2) is 0 Å². The molecule has 0 atom stereocenters. The molecule has 0 saturated heterocycles. The van der Waals surface area contributed by atoms with Crippen molar-refractivity contribution < 1.29 is 19.5 Å². The minimum atomic E-state index is -1.68. The Hall–Kier alpha value is -1.63. The Labute approximate surface area is 87.0 Å². The van der Waals surface area contributed by atoms with Gasteiger partial charge in [-0.1, -0.05) is 0 Å². The summed E-state index contributed by atoms with van der Waals surface area (Å²) < 4.78 is 0. The van der Waals surface area contributed by atoms with Crippen molar-refractivity contribution >= 4 is 17.7 Å². The second-order valence-electron chi connectivity index (χ2n) is 3.65. The molecule has 86 valence electrons. The van der Waals surface area contributed by atoms with Crippen molar-refractivity contribution in [2.75, 3.05) is 13.1 Å². The summed E-state index contributed by atoms with van der Waals surface area (Å²) in [6.07, 6.45) is 0. The molecule has 0 rings (SSSR count). The first-order valence-corrected chi connectivity index (χ1v) is 4.23. The third-order valence-electron chi connectivity index (χ3n) is 1.50. The molecule has 0 aromatic carbocycles. The van der Waals surface area contributed by atoms with E-state index < -0.39 is 36.4 Å². The van der Waals surface area contributed by atoms with Crippen molar-refractivity contribution in [2.24, 2.45) is 11.5 Å². The van der Waals surface area contributed by atoms with Gasteiger partial charge in [0.2, 0.25) is 11.8 Å². The van der Waals surface area contributed by atoms with Crippen molar-refractivity contribution in [1.29, 1.82) is 0 Å². The molecule has 0 spiro atoms. The van der Waals surface area contributed by atoms with Crippen LogP contribution in [0, 0.1) is 0 Å². The molecular weight excluding hydrogens is 202 g/mol. The number of nitrogens with two attached hydrogens (primary N) is 2. The summed E-state index contributed by atoms with van der Waals surface area (Å²) >= 11 is 0. The first-order chi connectivity index (χ1) is 6.64. The molecular formula is C8H15N3O4. The van der Waals surface area contributed by atoms with Gasteiger partial charge < -0.3 is 21.5 Å². The van der Waals surface area contributed by atoms with Gasteiger partial charge >= 0.3 is 0 Å². The van der Waals surface area contributed by atoms with Crippen LogP contribution in [0.3, 0.4) is 0 Å². The fraction of sp³-hybridized carbons (Fsp3) is 0.625. The van der Waals surface area contributed by atoms with Crippen LogP contribution in [-0.2, 0) is 14.4 Å². The Balaban J connectivity index is 4.70. The molecule has 0 radical (unpaired) electrons. The monoisotopic (exact) mass is 217 g/mol. The molecule has 0 fully saturated rings. The maximum atomic E-state index is 11.5. The largest absolute Gasteiger partial charge is 0.381 e. The van der Waals surface area contributed by atoms with Gasteiger partial charge in [-0.3, -0.25) is 14.4 Å². The van der Waals surface area contributed by atoms with Crippen LogP contribution in [0.5, 0.6) is 0 Å². The van der Waals surface area contributed by atoms with Crippen molar-refractivity contribution in [3.8, 4) is 0 Å². The van der Waals surface area contributed by atoms with Gasteiger partial charge in [0.1, 0.15) is 5.60 Å². The fourth-order valence-electron chi connectivity index (χ4n) is 0.963. The highest BCUT2D eigenvalue weighted by Crippen LogP contribution is 2.06. The highest BCUT2D eigenvalue weighted by molar-refractivity contribution is 5.91. The number of aliphatic hydroxyl groups is 1. The van der Waals surface area contributed by atoms with Crippen LogP contribution in [0.15, 0.2) is 0 Å². The predicted molar refractivity (Wildman–Crippen MR) is 51.3 cm³/mol. The first kappa shape index (κ1) is 13.4. The maximum absolute atomic E-state index is 11.5. The quantitative estimate of drug-likeness (QED) is 0.472. The van der Waals surface area contributed by atoms with Crippen LogP contribution in [0.25, 0.3) is 0 Å². The minimum Gasteiger partial charge on any atom is -0.381 e. The van der Waals surface area contributed by atoms with E-state index >= 15 is 0 Å². The fourth-order valence-corrected chi connectivity index (χ4v) is 0.963. The van der Waals surface area contributed by atoms with Gasteiger partial charge in [-0.15, -0.1) is 0 Å². The maximum Gasteiger partial charge on any atom is 0.254 e. The van der Waals surface area contributed by atoms with E-state index in [-0.39, 0.29) is 0 Å². The molecule has 0 aliphatic heterocycles. The number of hydrogen-bond donors (Lipinski definition) is 3. The average Bonchev–Trinajstić information content (AvgIpc) is 1.98. The lowest BCUT2D eigenvalue weighted by atomic mass is 10.1. The highest BCUT2D eigenvalue weighted by Gasteiger charge is 2.30. The molecule has 0 saturated carbocycles. The van der Waals surface area contributed by atoms with E-state index in [4.69, 9.17) is 11.5 Å². The Bertz CT molecular complexity index is 266. The summed E-state index contributed by atoms with van der Waals surface area (Å²) in [4.78, 5) is 33.5. The van der Waals surface area contributed by atoms with E-state index in [0.717, 1.165) is 4.90 Å². The molecule has 5 N–H and O–H groups in total. The summed E-state index contributed by atoms with van der Waals surface area (Å²) in [5.74, 6) is -2.34. The van der Waals surface area contributed by atoms with E-state index in [1.807, 2.05) is 0 Å². The topological polar surface area (TPSA) is 127 Å². The van der Waals surface area contributed by atoms with E-state index in [2.05, 4.69) is 0 Å². The number of carbonyl (C=O) groups is 3. The third kappa shape index (κ3) is 4.96. The van der Waals surface area contributed by atoms with Crippen LogP contribution in [0.2, 0.25) is 0 Å². The van der Waals surface area contributed by atoms with Crippen LogP contribution in [0.4, 0.5) is 0 Å². The first-order valence-electron chi connectivity index (χ1n) is 4.23. The van der Waals surface area contributed by atoms with Crippen LogP contribution >= 0.6 is 0 Å². The van der Waals surface area contributed by atoms with Crippen molar-refractivity contribution in [2.45, 2.75) is 19.4 Å². The second kappa shape index (κ2) is 4.74. The van der Waals surface area contributed by atoms with E-state index in [1.165, 1.54) is 13.8 Å². The summed E-state index contributed by atoms with van der Waals surface area (Å²) in [6, 6.07) is 0. The van der Waals surface area contributed by atoms with Gasteiger partial charge in [0, 0.05) is 0 Å². The predicted octanol–water partition coefficient (Wildman–Crippen LogP) is -2.44. The summed E-state index contributed by atoms with van der Waals surface area (Å²) in [6.45, 7) is 1.58. The Kier molecular flexibility index (Phi) is 4.22. The van der Waals surface area contributed by atoms with E-state index in [1.54, 1.807) is 0 Å². The van der Waals surface area contributed by atoms with E-state index in [9.17, 15) is 19.5 Å².